The summed E-state index contributed by atoms with van der Waals surface area (Å²) in [5.74, 6) is -0.245. The molecule has 9 nitrogen and oxygen atoms in total. The Labute approximate surface area is 170 Å². The second-order valence-electron chi connectivity index (χ2n) is 6.07. The zero-order chi connectivity index (χ0) is 20.8. The number of carbonyl (C=O) groups excluding carboxylic acids is 1. The van der Waals surface area contributed by atoms with Crippen LogP contribution in [0, 0.1) is 10.1 Å². The van der Waals surface area contributed by atoms with Crippen molar-refractivity contribution in [2.75, 3.05) is 25.1 Å². The zero-order valence-corrected chi connectivity index (χ0v) is 16.8. The number of ether oxygens (including phenoxy) is 1. The number of non-ortho nitro benzene ring substituents is 1. The van der Waals surface area contributed by atoms with Crippen molar-refractivity contribution in [2.45, 2.75) is 13.3 Å². The van der Waals surface area contributed by atoms with E-state index in [1.165, 1.54) is 19.2 Å². The number of benzene rings is 2. The first kappa shape index (κ1) is 20.3. The van der Waals surface area contributed by atoms with Gasteiger partial charge in [0.2, 0.25) is 0 Å². The molecule has 1 heterocycles. The molecule has 150 valence electrons. The second-order valence-corrected chi connectivity index (χ2v) is 6.82. The molecule has 0 atom stereocenters. The molecule has 29 heavy (non-hydrogen) atoms. The lowest BCUT2D eigenvalue weighted by Gasteiger charge is -2.22. The summed E-state index contributed by atoms with van der Waals surface area (Å²) in [6.07, 6.45) is 0.316. The van der Waals surface area contributed by atoms with Crippen molar-refractivity contribution >= 4 is 50.5 Å². The van der Waals surface area contributed by atoms with Crippen LogP contribution in [-0.2, 0) is 9.53 Å². The largest absolute Gasteiger partial charge is 0.469 e. The van der Waals surface area contributed by atoms with Crippen LogP contribution in [0.25, 0.3) is 10.9 Å². The van der Waals surface area contributed by atoms with Gasteiger partial charge >= 0.3 is 5.97 Å². The van der Waals surface area contributed by atoms with Gasteiger partial charge < -0.3 is 9.64 Å². The number of azo groups is 1. The molecule has 0 N–H and O–H groups in total. The van der Waals surface area contributed by atoms with Crippen LogP contribution in [0.3, 0.4) is 0 Å². The van der Waals surface area contributed by atoms with Gasteiger partial charge in [-0.15, -0.1) is 10.2 Å². The third-order valence-electron chi connectivity index (χ3n) is 4.32. The number of hydrogen-bond acceptors (Lipinski definition) is 9. The highest BCUT2D eigenvalue weighted by atomic mass is 32.1. The van der Waals surface area contributed by atoms with Crippen LogP contribution in [0.1, 0.15) is 13.3 Å². The molecular formula is C19H19N5O4S. The Morgan fingerprint density at radius 2 is 2.00 bits per heavy atom. The minimum absolute atomic E-state index is 0.00915. The summed E-state index contributed by atoms with van der Waals surface area (Å²) >= 11 is 1.14. The number of esters is 1. The summed E-state index contributed by atoms with van der Waals surface area (Å²) in [6.45, 7) is 3.33. The number of nitrogens with zero attached hydrogens (tertiary/aromatic N) is 5. The van der Waals surface area contributed by atoms with Crippen LogP contribution < -0.4 is 4.90 Å². The monoisotopic (exact) mass is 413 g/mol. The van der Waals surface area contributed by atoms with Crippen molar-refractivity contribution < 1.29 is 14.5 Å². The van der Waals surface area contributed by atoms with Crippen LogP contribution >= 0.6 is 11.5 Å². The maximum absolute atomic E-state index is 11.3. The van der Waals surface area contributed by atoms with Crippen molar-refractivity contribution in [3.05, 3.63) is 52.6 Å². The molecule has 2 aromatic carbocycles. The Balaban J connectivity index is 1.74. The third kappa shape index (κ3) is 4.91. The smallest absolute Gasteiger partial charge is 0.307 e. The maximum atomic E-state index is 11.3. The summed E-state index contributed by atoms with van der Waals surface area (Å²) in [5.41, 5.74) is 2.25. The molecule has 0 bridgehead atoms. The normalized spacial score (nSPS) is 11.1. The van der Waals surface area contributed by atoms with Crippen molar-refractivity contribution in [1.82, 2.24) is 4.37 Å². The molecule has 0 amide bonds. The number of anilines is 1. The van der Waals surface area contributed by atoms with Gasteiger partial charge in [0.05, 0.1) is 29.7 Å². The van der Waals surface area contributed by atoms with Gasteiger partial charge in [0.15, 0.2) is 5.00 Å². The standard InChI is InChI=1S/C19H19N5O4S/c1-3-23(11-10-18(25)28-2)14-6-4-13(5-7-14)20-21-19-16-12-15(24(26)27)8-9-17(16)22-29-19/h4-9,12H,3,10-11H2,1-2H3/b21-20+. The van der Waals surface area contributed by atoms with Gasteiger partial charge in [0.1, 0.15) is 0 Å². The first-order chi connectivity index (χ1) is 14.0. The number of carbonyl (C=O) groups is 1. The highest BCUT2D eigenvalue weighted by Gasteiger charge is 2.12. The molecule has 0 fully saturated rings. The number of methoxy groups -OCH3 is 1. The van der Waals surface area contributed by atoms with Gasteiger partial charge in [-0.05, 0) is 48.8 Å². The second kappa shape index (κ2) is 9.20. The predicted octanol–water partition coefficient (Wildman–Crippen LogP) is 5.01. The number of aromatic nitrogens is 1. The summed E-state index contributed by atoms with van der Waals surface area (Å²) in [5, 5.41) is 20.5. The van der Waals surface area contributed by atoms with E-state index in [4.69, 9.17) is 0 Å². The highest BCUT2D eigenvalue weighted by Crippen LogP contribution is 2.34. The molecule has 3 rings (SSSR count). The van der Waals surface area contributed by atoms with E-state index in [9.17, 15) is 14.9 Å². The van der Waals surface area contributed by atoms with Gasteiger partial charge in [-0.3, -0.25) is 14.9 Å². The number of hydrogen-bond donors (Lipinski definition) is 0. The fourth-order valence-corrected chi connectivity index (χ4v) is 3.42. The highest BCUT2D eigenvalue weighted by molar-refractivity contribution is 7.11. The Kier molecular flexibility index (Phi) is 6.45. The minimum atomic E-state index is -0.448. The Morgan fingerprint density at radius 3 is 2.66 bits per heavy atom. The summed E-state index contributed by atoms with van der Waals surface area (Å²) < 4.78 is 8.93. The third-order valence-corrected chi connectivity index (χ3v) is 5.08. The van der Waals surface area contributed by atoms with Gasteiger partial charge in [0.25, 0.3) is 5.69 Å². The molecule has 0 spiro atoms. The quantitative estimate of drug-likeness (QED) is 0.222. The van der Waals surface area contributed by atoms with E-state index in [0.717, 1.165) is 23.8 Å². The zero-order valence-electron chi connectivity index (χ0n) is 15.9. The van der Waals surface area contributed by atoms with E-state index in [1.54, 1.807) is 6.07 Å². The lowest BCUT2D eigenvalue weighted by atomic mass is 10.2. The number of nitro benzene ring substituents is 1. The molecular weight excluding hydrogens is 394 g/mol. The molecule has 0 aliphatic heterocycles. The Hall–Kier alpha value is -3.40. The first-order valence-corrected chi connectivity index (χ1v) is 9.66. The van der Waals surface area contributed by atoms with E-state index >= 15 is 0 Å². The molecule has 10 heteroatoms. The summed E-state index contributed by atoms with van der Waals surface area (Å²) in [6, 6.07) is 11.9. The van der Waals surface area contributed by atoms with E-state index in [2.05, 4.69) is 24.2 Å². The van der Waals surface area contributed by atoms with Gasteiger partial charge in [-0.1, -0.05) is 0 Å². The van der Waals surface area contributed by atoms with Crippen LogP contribution in [0.2, 0.25) is 0 Å². The van der Waals surface area contributed by atoms with Crippen LogP contribution in [0.15, 0.2) is 52.7 Å². The average Bonchev–Trinajstić information content (AvgIpc) is 3.15. The van der Waals surface area contributed by atoms with E-state index < -0.39 is 4.92 Å². The molecule has 1 aromatic heterocycles. The number of nitro groups is 1. The fraction of sp³-hybridized carbons (Fsp3) is 0.263. The molecule has 0 aliphatic carbocycles. The lowest BCUT2D eigenvalue weighted by Crippen LogP contribution is -2.25. The predicted molar refractivity (Wildman–Crippen MR) is 111 cm³/mol. The van der Waals surface area contributed by atoms with Gasteiger partial charge in [0, 0.05) is 36.3 Å². The number of fused-ring (bicyclic) bond motifs is 1. The van der Waals surface area contributed by atoms with Crippen molar-refractivity contribution in [3.63, 3.8) is 0 Å². The van der Waals surface area contributed by atoms with Crippen LogP contribution in [-0.4, -0.2) is 35.5 Å². The van der Waals surface area contributed by atoms with Gasteiger partial charge in [-0.2, -0.15) is 4.37 Å². The first-order valence-electron chi connectivity index (χ1n) is 8.89. The Morgan fingerprint density at radius 1 is 1.24 bits per heavy atom. The maximum Gasteiger partial charge on any atom is 0.307 e. The van der Waals surface area contributed by atoms with Crippen molar-refractivity contribution in [3.8, 4) is 0 Å². The van der Waals surface area contributed by atoms with Crippen LogP contribution in [0.5, 0.6) is 0 Å². The minimum Gasteiger partial charge on any atom is -0.469 e. The van der Waals surface area contributed by atoms with Crippen LogP contribution in [0.4, 0.5) is 22.1 Å². The van der Waals surface area contributed by atoms with E-state index in [1.807, 2.05) is 31.2 Å². The molecule has 0 radical (unpaired) electrons. The summed E-state index contributed by atoms with van der Waals surface area (Å²) in [7, 11) is 1.38. The number of rotatable bonds is 8. The lowest BCUT2D eigenvalue weighted by molar-refractivity contribution is -0.384. The van der Waals surface area contributed by atoms with E-state index in [-0.39, 0.29) is 11.7 Å². The molecule has 0 aliphatic rings. The average molecular weight is 413 g/mol. The van der Waals surface area contributed by atoms with Crippen molar-refractivity contribution in [1.29, 1.82) is 0 Å². The molecule has 0 unspecified atom stereocenters. The van der Waals surface area contributed by atoms with Gasteiger partial charge in [-0.25, -0.2) is 0 Å². The molecule has 0 saturated carbocycles. The van der Waals surface area contributed by atoms with Crippen molar-refractivity contribution in [2.24, 2.45) is 10.2 Å². The Bertz CT molecular complexity index is 1050. The molecule has 0 saturated heterocycles. The topological polar surface area (TPSA) is 110 Å². The summed E-state index contributed by atoms with van der Waals surface area (Å²) in [4.78, 5) is 23.9. The SMILES string of the molecule is CCN(CCC(=O)OC)c1ccc(/N=N/c2snc3ccc([N+](=O)[O-])cc23)cc1. The van der Waals surface area contributed by atoms with E-state index in [0.29, 0.717) is 34.6 Å². The fourth-order valence-electron chi connectivity index (χ4n) is 2.73. The molecule has 3 aromatic rings.